The predicted molar refractivity (Wildman–Crippen MR) is 80.8 cm³/mol. The first-order chi connectivity index (χ1) is 9.40. The lowest BCUT2D eigenvalue weighted by molar-refractivity contribution is 0.0943. The molecule has 1 aromatic rings. The quantitative estimate of drug-likeness (QED) is 0.839. The molecule has 110 valence electrons. The molecule has 0 saturated heterocycles. The van der Waals surface area contributed by atoms with Gasteiger partial charge in [0.05, 0.1) is 0 Å². The van der Waals surface area contributed by atoms with Crippen molar-refractivity contribution in [3.8, 4) is 0 Å². The zero-order valence-corrected chi connectivity index (χ0v) is 12.7. The maximum Gasteiger partial charge on any atom is 0.251 e. The van der Waals surface area contributed by atoms with Crippen LogP contribution in [0.2, 0.25) is 0 Å². The minimum atomic E-state index is -0.156. The van der Waals surface area contributed by atoms with Gasteiger partial charge in [0.1, 0.15) is 0 Å². The van der Waals surface area contributed by atoms with Gasteiger partial charge < -0.3 is 10.6 Å². The first-order valence-electron chi connectivity index (χ1n) is 7.09. The standard InChI is InChI=1S/C16H24N2O2/c1-11(2)8-9-17-15(19)13-6-5-7-14(10-13)16(20)18-12(3)4/h5-7,10-12H,8-9H2,1-4H3,(H,17,19)(H,18,20). The topological polar surface area (TPSA) is 58.2 Å². The van der Waals surface area contributed by atoms with Crippen molar-refractivity contribution in [2.75, 3.05) is 6.54 Å². The van der Waals surface area contributed by atoms with Crippen LogP contribution < -0.4 is 10.6 Å². The number of hydrogen-bond donors (Lipinski definition) is 2. The Kier molecular flexibility index (Phi) is 6.22. The van der Waals surface area contributed by atoms with Crippen molar-refractivity contribution in [3.05, 3.63) is 35.4 Å². The molecule has 0 bridgehead atoms. The van der Waals surface area contributed by atoms with E-state index in [2.05, 4.69) is 24.5 Å². The molecular weight excluding hydrogens is 252 g/mol. The number of nitrogens with one attached hydrogen (secondary N) is 2. The van der Waals surface area contributed by atoms with Crippen molar-refractivity contribution >= 4 is 11.8 Å². The predicted octanol–water partition coefficient (Wildman–Crippen LogP) is 2.60. The third-order valence-corrected chi connectivity index (χ3v) is 2.81. The molecule has 0 aromatic heterocycles. The third kappa shape index (κ3) is 5.43. The summed E-state index contributed by atoms with van der Waals surface area (Å²) >= 11 is 0. The summed E-state index contributed by atoms with van der Waals surface area (Å²) in [5, 5.41) is 5.68. The molecule has 0 spiro atoms. The summed E-state index contributed by atoms with van der Waals surface area (Å²) in [6, 6.07) is 6.86. The second kappa shape index (κ2) is 7.68. The van der Waals surface area contributed by atoms with Crippen LogP contribution in [0.4, 0.5) is 0 Å². The minimum Gasteiger partial charge on any atom is -0.352 e. The van der Waals surface area contributed by atoms with Crippen molar-refractivity contribution < 1.29 is 9.59 Å². The highest BCUT2D eigenvalue weighted by Gasteiger charge is 2.11. The van der Waals surface area contributed by atoms with Gasteiger partial charge in [0.15, 0.2) is 0 Å². The summed E-state index contributed by atoms with van der Waals surface area (Å²) in [7, 11) is 0. The highest BCUT2D eigenvalue weighted by molar-refractivity contribution is 5.99. The molecule has 1 rings (SSSR count). The molecule has 0 atom stereocenters. The van der Waals surface area contributed by atoms with E-state index in [1.165, 1.54) is 0 Å². The molecule has 4 heteroatoms. The Morgan fingerprint density at radius 2 is 1.65 bits per heavy atom. The molecule has 0 unspecified atom stereocenters. The fraction of sp³-hybridized carbons (Fsp3) is 0.500. The van der Waals surface area contributed by atoms with Crippen LogP contribution in [0.5, 0.6) is 0 Å². The van der Waals surface area contributed by atoms with Crippen LogP contribution in [0.3, 0.4) is 0 Å². The lowest BCUT2D eigenvalue weighted by atomic mass is 10.1. The van der Waals surface area contributed by atoms with Crippen LogP contribution in [0, 0.1) is 5.92 Å². The summed E-state index contributed by atoms with van der Waals surface area (Å²) in [6.45, 7) is 8.69. The first kappa shape index (κ1) is 16.2. The maximum absolute atomic E-state index is 12.0. The Balaban J connectivity index is 2.67. The highest BCUT2D eigenvalue weighted by Crippen LogP contribution is 2.06. The Hall–Kier alpha value is -1.84. The van der Waals surface area contributed by atoms with Gasteiger partial charge in [-0.3, -0.25) is 9.59 Å². The third-order valence-electron chi connectivity index (χ3n) is 2.81. The van der Waals surface area contributed by atoms with Gasteiger partial charge in [-0.15, -0.1) is 0 Å². The van der Waals surface area contributed by atoms with Crippen molar-refractivity contribution in [1.29, 1.82) is 0 Å². The molecular formula is C16H24N2O2. The smallest absolute Gasteiger partial charge is 0.251 e. The number of benzene rings is 1. The molecule has 2 N–H and O–H groups in total. The van der Waals surface area contributed by atoms with Crippen molar-refractivity contribution in [1.82, 2.24) is 10.6 Å². The van der Waals surface area contributed by atoms with Gasteiger partial charge in [-0.1, -0.05) is 19.9 Å². The molecule has 1 aromatic carbocycles. The van der Waals surface area contributed by atoms with E-state index >= 15 is 0 Å². The van der Waals surface area contributed by atoms with E-state index in [-0.39, 0.29) is 17.9 Å². The highest BCUT2D eigenvalue weighted by atomic mass is 16.2. The molecule has 0 fully saturated rings. The Labute approximate surface area is 121 Å². The lowest BCUT2D eigenvalue weighted by Crippen LogP contribution is -2.30. The lowest BCUT2D eigenvalue weighted by Gasteiger charge is -2.10. The average molecular weight is 276 g/mol. The minimum absolute atomic E-state index is 0.0750. The van der Waals surface area contributed by atoms with Crippen LogP contribution in [0.15, 0.2) is 24.3 Å². The van der Waals surface area contributed by atoms with Gasteiger partial charge >= 0.3 is 0 Å². The molecule has 0 aliphatic rings. The first-order valence-corrected chi connectivity index (χ1v) is 7.09. The van der Waals surface area contributed by atoms with E-state index in [1.807, 2.05) is 13.8 Å². The number of hydrogen-bond acceptors (Lipinski definition) is 2. The molecule has 2 amide bonds. The van der Waals surface area contributed by atoms with Crippen molar-refractivity contribution in [2.45, 2.75) is 40.2 Å². The van der Waals surface area contributed by atoms with Crippen LogP contribution in [0.1, 0.15) is 54.8 Å². The van der Waals surface area contributed by atoms with E-state index in [9.17, 15) is 9.59 Å². The number of rotatable bonds is 6. The number of carbonyl (C=O) groups excluding carboxylic acids is 2. The van der Waals surface area contributed by atoms with Gasteiger partial charge in [-0.2, -0.15) is 0 Å². The second-order valence-electron chi connectivity index (χ2n) is 5.65. The van der Waals surface area contributed by atoms with E-state index < -0.39 is 0 Å². The fourth-order valence-electron chi connectivity index (χ4n) is 1.72. The van der Waals surface area contributed by atoms with Crippen LogP contribution >= 0.6 is 0 Å². The largest absolute Gasteiger partial charge is 0.352 e. The van der Waals surface area contributed by atoms with E-state index in [4.69, 9.17) is 0 Å². The average Bonchev–Trinajstić information content (AvgIpc) is 2.37. The Bertz CT molecular complexity index is 467. The molecule has 4 nitrogen and oxygen atoms in total. The summed E-state index contributed by atoms with van der Waals surface area (Å²) in [6.07, 6.45) is 0.944. The molecule has 0 heterocycles. The number of amides is 2. The van der Waals surface area contributed by atoms with Gasteiger partial charge in [0, 0.05) is 23.7 Å². The van der Waals surface area contributed by atoms with Crippen LogP contribution in [0.25, 0.3) is 0 Å². The van der Waals surface area contributed by atoms with Crippen molar-refractivity contribution in [2.24, 2.45) is 5.92 Å². The maximum atomic E-state index is 12.0. The van der Waals surface area contributed by atoms with Crippen molar-refractivity contribution in [3.63, 3.8) is 0 Å². The molecule has 0 saturated carbocycles. The zero-order valence-electron chi connectivity index (χ0n) is 12.7. The summed E-state index contributed by atoms with van der Waals surface area (Å²) in [5.74, 6) is 0.264. The number of carbonyl (C=O) groups is 2. The fourth-order valence-corrected chi connectivity index (χ4v) is 1.72. The SMILES string of the molecule is CC(C)CCNC(=O)c1cccc(C(=O)NC(C)C)c1. The normalized spacial score (nSPS) is 10.7. The van der Waals surface area contributed by atoms with Crippen LogP contribution in [-0.4, -0.2) is 24.4 Å². The summed E-state index contributed by atoms with van der Waals surface area (Å²) < 4.78 is 0. The van der Waals surface area contributed by atoms with Gasteiger partial charge in [0.2, 0.25) is 0 Å². The van der Waals surface area contributed by atoms with Crippen LogP contribution in [-0.2, 0) is 0 Å². The van der Waals surface area contributed by atoms with Gasteiger partial charge in [-0.05, 0) is 44.4 Å². The summed E-state index contributed by atoms with van der Waals surface area (Å²) in [5.41, 5.74) is 1.03. The van der Waals surface area contributed by atoms with Gasteiger partial charge in [0.25, 0.3) is 11.8 Å². The second-order valence-corrected chi connectivity index (χ2v) is 5.65. The van der Waals surface area contributed by atoms with Gasteiger partial charge in [-0.25, -0.2) is 0 Å². The van der Waals surface area contributed by atoms with E-state index in [0.717, 1.165) is 6.42 Å². The Morgan fingerprint density at radius 3 is 2.20 bits per heavy atom. The van der Waals surface area contributed by atoms with E-state index in [1.54, 1.807) is 24.3 Å². The molecule has 20 heavy (non-hydrogen) atoms. The molecule has 0 aliphatic heterocycles. The monoisotopic (exact) mass is 276 g/mol. The summed E-state index contributed by atoms with van der Waals surface area (Å²) in [4.78, 5) is 23.9. The molecule has 0 aliphatic carbocycles. The Morgan fingerprint density at radius 1 is 1.05 bits per heavy atom. The van der Waals surface area contributed by atoms with E-state index in [0.29, 0.717) is 23.6 Å². The molecule has 0 radical (unpaired) electrons. The zero-order chi connectivity index (χ0) is 15.1.